The standard InChI is InChI=1S/C15H14O5S/c16-9-10-2-1-3-11(6-10)13-7-12-4-5-20-15(12)14(8-13)21(17,18)19/h1-3,6-8,16H,4-5,9H2,(H,17,18,19). The predicted octanol–water partition coefficient (Wildman–Crippen LogP) is 2.03. The van der Waals surface area contributed by atoms with Crippen LogP contribution >= 0.6 is 0 Å². The lowest BCUT2D eigenvalue weighted by Gasteiger charge is -2.10. The van der Waals surface area contributed by atoms with Crippen LogP contribution in [-0.2, 0) is 23.1 Å². The van der Waals surface area contributed by atoms with Gasteiger partial charge in [-0.1, -0.05) is 18.2 Å². The smallest absolute Gasteiger partial charge is 0.298 e. The Balaban J connectivity index is 2.20. The van der Waals surface area contributed by atoms with E-state index in [4.69, 9.17) is 4.74 Å². The predicted molar refractivity (Wildman–Crippen MR) is 76.8 cm³/mol. The van der Waals surface area contributed by atoms with E-state index in [2.05, 4.69) is 0 Å². The van der Waals surface area contributed by atoms with Crippen LogP contribution in [0.4, 0.5) is 0 Å². The maximum Gasteiger partial charge on any atom is 0.298 e. The molecule has 110 valence electrons. The minimum Gasteiger partial charge on any atom is -0.491 e. The molecule has 0 atom stereocenters. The fraction of sp³-hybridized carbons (Fsp3) is 0.200. The third-order valence-electron chi connectivity index (χ3n) is 3.47. The molecule has 0 saturated carbocycles. The summed E-state index contributed by atoms with van der Waals surface area (Å²) in [6.07, 6.45) is 0.603. The zero-order valence-corrected chi connectivity index (χ0v) is 11.9. The summed E-state index contributed by atoms with van der Waals surface area (Å²) >= 11 is 0. The Labute approximate surface area is 122 Å². The Morgan fingerprint density at radius 2 is 1.95 bits per heavy atom. The highest BCUT2D eigenvalue weighted by molar-refractivity contribution is 7.86. The number of aliphatic hydroxyl groups excluding tert-OH is 1. The van der Waals surface area contributed by atoms with E-state index in [1.165, 1.54) is 6.07 Å². The first-order valence-electron chi connectivity index (χ1n) is 6.46. The topological polar surface area (TPSA) is 83.8 Å². The van der Waals surface area contributed by atoms with E-state index in [1.54, 1.807) is 18.2 Å². The van der Waals surface area contributed by atoms with E-state index < -0.39 is 10.1 Å². The van der Waals surface area contributed by atoms with Gasteiger partial charge in [0.25, 0.3) is 10.1 Å². The minimum atomic E-state index is -4.35. The van der Waals surface area contributed by atoms with Crippen molar-refractivity contribution in [2.24, 2.45) is 0 Å². The van der Waals surface area contributed by atoms with Crippen molar-refractivity contribution < 1.29 is 22.8 Å². The van der Waals surface area contributed by atoms with Crippen LogP contribution in [0.3, 0.4) is 0 Å². The third kappa shape index (κ3) is 2.65. The fourth-order valence-corrected chi connectivity index (χ4v) is 3.18. The van der Waals surface area contributed by atoms with Gasteiger partial charge in [-0.25, -0.2) is 0 Å². The molecule has 2 N–H and O–H groups in total. The normalized spacial score (nSPS) is 13.8. The van der Waals surface area contributed by atoms with Gasteiger partial charge in [-0.05, 0) is 40.5 Å². The molecule has 0 aromatic heterocycles. The first-order valence-corrected chi connectivity index (χ1v) is 7.90. The highest BCUT2D eigenvalue weighted by Gasteiger charge is 2.25. The monoisotopic (exact) mass is 306 g/mol. The largest absolute Gasteiger partial charge is 0.491 e. The van der Waals surface area contributed by atoms with Gasteiger partial charge in [0.1, 0.15) is 10.6 Å². The van der Waals surface area contributed by atoms with Gasteiger partial charge in [-0.2, -0.15) is 8.42 Å². The molecule has 0 radical (unpaired) electrons. The summed E-state index contributed by atoms with van der Waals surface area (Å²) in [5.41, 5.74) is 2.94. The molecule has 0 amide bonds. The van der Waals surface area contributed by atoms with E-state index in [9.17, 15) is 18.1 Å². The van der Waals surface area contributed by atoms with Crippen LogP contribution in [0.5, 0.6) is 5.75 Å². The average molecular weight is 306 g/mol. The Bertz CT molecular complexity index is 796. The van der Waals surface area contributed by atoms with E-state index in [0.717, 1.165) is 16.7 Å². The molecular formula is C15H14O5S. The molecule has 0 unspecified atom stereocenters. The van der Waals surface area contributed by atoms with E-state index in [1.807, 2.05) is 12.1 Å². The van der Waals surface area contributed by atoms with Crippen molar-refractivity contribution in [2.75, 3.05) is 6.61 Å². The zero-order chi connectivity index (χ0) is 15.0. The Morgan fingerprint density at radius 1 is 1.14 bits per heavy atom. The summed E-state index contributed by atoms with van der Waals surface area (Å²) in [7, 11) is -4.35. The molecule has 1 aliphatic rings. The SMILES string of the molecule is O=S(=O)(O)c1cc(-c2cccc(CO)c2)cc2c1OCC2. The molecule has 0 spiro atoms. The lowest BCUT2D eigenvalue weighted by molar-refractivity contribution is 0.282. The van der Waals surface area contributed by atoms with Gasteiger partial charge in [-0.15, -0.1) is 0 Å². The average Bonchev–Trinajstić information content (AvgIpc) is 2.93. The maximum absolute atomic E-state index is 11.5. The van der Waals surface area contributed by atoms with Crippen LogP contribution in [0, 0.1) is 0 Å². The second kappa shape index (κ2) is 5.14. The van der Waals surface area contributed by atoms with Crippen molar-refractivity contribution in [3.8, 4) is 16.9 Å². The molecular weight excluding hydrogens is 292 g/mol. The molecule has 6 heteroatoms. The molecule has 1 aliphatic heterocycles. The Hall–Kier alpha value is -1.89. The third-order valence-corrected chi connectivity index (χ3v) is 4.33. The molecule has 1 heterocycles. The van der Waals surface area contributed by atoms with Gasteiger partial charge in [0.05, 0.1) is 13.2 Å². The molecule has 0 fully saturated rings. The van der Waals surface area contributed by atoms with Gasteiger partial charge < -0.3 is 9.84 Å². The highest BCUT2D eigenvalue weighted by Crippen LogP contribution is 2.37. The summed E-state index contributed by atoms with van der Waals surface area (Å²) in [6, 6.07) is 10.4. The number of hydrogen-bond acceptors (Lipinski definition) is 4. The Kier molecular flexibility index (Phi) is 3.44. The van der Waals surface area contributed by atoms with E-state index in [0.29, 0.717) is 18.6 Å². The lowest BCUT2D eigenvalue weighted by atomic mass is 10.0. The number of ether oxygens (including phenoxy) is 1. The van der Waals surface area contributed by atoms with Crippen LogP contribution in [0.2, 0.25) is 0 Å². The molecule has 0 bridgehead atoms. The molecule has 3 rings (SSSR count). The summed E-state index contributed by atoms with van der Waals surface area (Å²) in [5.74, 6) is 0.236. The zero-order valence-electron chi connectivity index (χ0n) is 11.1. The van der Waals surface area contributed by atoms with Crippen LogP contribution in [0.1, 0.15) is 11.1 Å². The van der Waals surface area contributed by atoms with Crippen molar-refractivity contribution in [3.63, 3.8) is 0 Å². The van der Waals surface area contributed by atoms with Crippen molar-refractivity contribution >= 4 is 10.1 Å². The molecule has 5 nitrogen and oxygen atoms in total. The lowest BCUT2D eigenvalue weighted by Crippen LogP contribution is -2.01. The second-order valence-electron chi connectivity index (χ2n) is 4.89. The fourth-order valence-electron chi connectivity index (χ4n) is 2.48. The van der Waals surface area contributed by atoms with Gasteiger partial charge in [0, 0.05) is 6.42 Å². The first-order chi connectivity index (χ1) is 9.99. The minimum absolute atomic E-state index is 0.0902. The molecule has 0 saturated heterocycles. The molecule has 0 aliphatic carbocycles. The first kappa shape index (κ1) is 14.1. The quantitative estimate of drug-likeness (QED) is 0.848. The maximum atomic E-state index is 11.5. The van der Waals surface area contributed by atoms with Crippen molar-refractivity contribution in [3.05, 3.63) is 47.5 Å². The van der Waals surface area contributed by atoms with E-state index in [-0.39, 0.29) is 17.3 Å². The Morgan fingerprint density at radius 3 is 2.67 bits per heavy atom. The van der Waals surface area contributed by atoms with Crippen LogP contribution in [-0.4, -0.2) is 24.7 Å². The molecule has 2 aromatic rings. The van der Waals surface area contributed by atoms with Crippen LogP contribution in [0.25, 0.3) is 11.1 Å². The van der Waals surface area contributed by atoms with Crippen molar-refractivity contribution in [2.45, 2.75) is 17.9 Å². The van der Waals surface area contributed by atoms with Crippen LogP contribution in [0.15, 0.2) is 41.3 Å². The van der Waals surface area contributed by atoms with Crippen molar-refractivity contribution in [1.82, 2.24) is 0 Å². The van der Waals surface area contributed by atoms with Gasteiger partial charge in [-0.3, -0.25) is 4.55 Å². The number of fused-ring (bicyclic) bond motifs is 1. The van der Waals surface area contributed by atoms with Gasteiger partial charge in [0.2, 0.25) is 0 Å². The second-order valence-corrected chi connectivity index (χ2v) is 6.28. The summed E-state index contributed by atoms with van der Waals surface area (Å²) in [6.45, 7) is 0.311. The number of aliphatic hydroxyl groups is 1. The highest BCUT2D eigenvalue weighted by atomic mass is 32.2. The summed E-state index contributed by atoms with van der Waals surface area (Å²) in [5, 5.41) is 9.19. The molecule has 2 aromatic carbocycles. The summed E-state index contributed by atoms with van der Waals surface area (Å²) < 4.78 is 37.8. The number of rotatable bonds is 3. The number of benzene rings is 2. The van der Waals surface area contributed by atoms with Gasteiger partial charge >= 0.3 is 0 Å². The summed E-state index contributed by atoms with van der Waals surface area (Å²) in [4.78, 5) is -0.207. The number of hydrogen-bond donors (Lipinski definition) is 2. The van der Waals surface area contributed by atoms with Crippen molar-refractivity contribution in [1.29, 1.82) is 0 Å². The molecule has 21 heavy (non-hydrogen) atoms. The van der Waals surface area contributed by atoms with Gasteiger partial charge in [0.15, 0.2) is 0 Å². The van der Waals surface area contributed by atoms with Crippen LogP contribution < -0.4 is 4.74 Å². The van der Waals surface area contributed by atoms with E-state index >= 15 is 0 Å².